The molecule has 3 N–H and O–H groups in total. The van der Waals surface area contributed by atoms with Crippen molar-refractivity contribution in [1.29, 1.82) is 0 Å². The minimum atomic E-state index is -4.88. The van der Waals surface area contributed by atoms with E-state index in [9.17, 15) is 18.0 Å². The summed E-state index contributed by atoms with van der Waals surface area (Å²) >= 11 is 0. The van der Waals surface area contributed by atoms with E-state index in [0.29, 0.717) is 11.3 Å². The van der Waals surface area contributed by atoms with Gasteiger partial charge in [0.05, 0.1) is 6.04 Å². The lowest BCUT2D eigenvalue weighted by Crippen LogP contribution is -2.38. The fraction of sp³-hybridized carbons (Fsp3) is 0.300. The van der Waals surface area contributed by atoms with Crippen molar-refractivity contribution in [3.05, 3.63) is 29.8 Å². The van der Waals surface area contributed by atoms with Crippen LogP contribution >= 0.6 is 0 Å². The number of para-hydroxylation sites is 1. The van der Waals surface area contributed by atoms with Crippen molar-refractivity contribution in [3.63, 3.8) is 0 Å². The lowest BCUT2D eigenvalue weighted by molar-refractivity contribution is -0.174. The molecule has 1 rings (SSSR count). The topological polar surface area (TPSA) is 55.1 Å². The summed E-state index contributed by atoms with van der Waals surface area (Å²) < 4.78 is 35.9. The first-order chi connectivity index (χ1) is 7.32. The predicted octanol–water partition coefficient (Wildman–Crippen LogP) is 2.01. The SMILES string of the molecule is C[C@H](NC(=O)C(F)(F)F)c1ccccc1N. The molecule has 0 aliphatic rings. The fourth-order valence-corrected chi connectivity index (χ4v) is 1.26. The summed E-state index contributed by atoms with van der Waals surface area (Å²) in [5.41, 5.74) is 6.38. The van der Waals surface area contributed by atoms with Crippen LogP contribution in [0.1, 0.15) is 18.5 Å². The standard InChI is InChI=1S/C10H11F3N2O/c1-6(15-9(16)10(11,12)13)7-4-2-3-5-8(7)14/h2-6H,14H2,1H3,(H,15,16)/t6-/m0/s1. The van der Waals surface area contributed by atoms with Gasteiger partial charge >= 0.3 is 12.1 Å². The molecule has 0 aliphatic carbocycles. The van der Waals surface area contributed by atoms with Crippen LogP contribution in [0.15, 0.2) is 24.3 Å². The first-order valence-corrected chi connectivity index (χ1v) is 4.54. The van der Waals surface area contributed by atoms with Gasteiger partial charge in [0.2, 0.25) is 0 Å². The van der Waals surface area contributed by atoms with E-state index in [-0.39, 0.29) is 0 Å². The molecular weight excluding hydrogens is 221 g/mol. The molecule has 0 spiro atoms. The van der Waals surface area contributed by atoms with Crippen molar-refractivity contribution >= 4 is 11.6 Å². The zero-order valence-electron chi connectivity index (χ0n) is 8.51. The number of anilines is 1. The zero-order chi connectivity index (χ0) is 12.3. The molecule has 3 nitrogen and oxygen atoms in total. The highest BCUT2D eigenvalue weighted by molar-refractivity contribution is 5.82. The Morgan fingerprint density at radius 3 is 2.44 bits per heavy atom. The van der Waals surface area contributed by atoms with E-state index in [4.69, 9.17) is 5.73 Å². The van der Waals surface area contributed by atoms with Crippen molar-refractivity contribution in [2.24, 2.45) is 0 Å². The van der Waals surface area contributed by atoms with E-state index >= 15 is 0 Å². The number of rotatable bonds is 2. The molecule has 0 saturated carbocycles. The third-order valence-electron chi connectivity index (χ3n) is 2.07. The monoisotopic (exact) mass is 232 g/mol. The Labute approximate surface area is 90.4 Å². The molecule has 1 amide bonds. The summed E-state index contributed by atoms with van der Waals surface area (Å²) in [5.74, 6) is -1.97. The summed E-state index contributed by atoms with van der Waals surface area (Å²) in [5, 5.41) is 1.83. The Morgan fingerprint density at radius 1 is 1.38 bits per heavy atom. The molecule has 1 aromatic rings. The second-order valence-corrected chi connectivity index (χ2v) is 3.32. The highest BCUT2D eigenvalue weighted by Crippen LogP contribution is 2.22. The highest BCUT2D eigenvalue weighted by Gasteiger charge is 2.39. The lowest BCUT2D eigenvalue weighted by atomic mass is 10.1. The van der Waals surface area contributed by atoms with Crippen LogP contribution in [0.5, 0.6) is 0 Å². The minimum Gasteiger partial charge on any atom is -0.398 e. The van der Waals surface area contributed by atoms with Crippen LogP contribution < -0.4 is 11.1 Å². The maximum atomic E-state index is 12.0. The van der Waals surface area contributed by atoms with Crippen molar-refractivity contribution in [2.45, 2.75) is 19.1 Å². The highest BCUT2D eigenvalue weighted by atomic mass is 19.4. The molecule has 1 atom stereocenters. The zero-order valence-corrected chi connectivity index (χ0v) is 8.51. The summed E-state index contributed by atoms with van der Waals surface area (Å²) in [4.78, 5) is 10.7. The molecular formula is C10H11F3N2O. The van der Waals surface area contributed by atoms with Crippen LogP contribution in [-0.2, 0) is 4.79 Å². The normalized spacial score (nSPS) is 13.2. The number of nitrogens with two attached hydrogens (primary N) is 1. The predicted molar refractivity (Wildman–Crippen MR) is 53.5 cm³/mol. The second-order valence-electron chi connectivity index (χ2n) is 3.32. The molecule has 0 saturated heterocycles. The molecule has 6 heteroatoms. The van der Waals surface area contributed by atoms with Crippen LogP contribution in [-0.4, -0.2) is 12.1 Å². The fourth-order valence-electron chi connectivity index (χ4n) is 1.26. The molecule has 0 radical (unpaired) electrons. The van der Waals surface area contributed by atoms with E-state index < -0.39 is 18.1 Å². The van der Waals surface area contributed by atoms with Crippen LogP contribution in [0.25, 0.3) is 0 Å². The number of nitrogens with one attached hydrogen (secondary N) is 1. The number of nitrogen functional groups attached to an aromatic ring is 1. The van der Waals surface area contributed by atoms with Crippen molar-refractivity contribution in [1.82, 2.24) is 5.32 Å². The summed E-state index contributed by atoms with van der Waals surface area (Å²) in [7, 11) is 0. The van der Waals surface area contributed by atoms with Crippen molar-refractivity contribution in [3.8, 4) is 0 Å². The largest absolute Gasteiger partial charge is 0.471 e. The van der Waals surface area contributed by atoms with Crippen LogP contribution in [0.3, 0.4) is 0 Å². The van der Waals surface area contributed by atoms with Crippen LogP contribution in [0, 0.1) is 0 Å². The molecule has 1 aromatic carbocycles. The first kappa shape index (κ1) is 12.4. The molecule has 16 heavy (non-hydrogen) atoms. The molecule has 0 fully saturated rings. The molecule has 0 aliphatic heterocycles. The van der Waals surface area contributed by atoms with E-state index in [0.717, 1.165) is 0 Å². The minimum absolute atomic E-state index is 0.345. The second kappa shape index (κ2) is 4.42. The Morgan fingerprint density at radius 2 is 1.94 bits per heavy atom. The van der Waals surface area contributed by atoms with Gasteiger partial charge in [-0.3, -0.25) is 4.79 Å². The number of amides is 1. The van der Waals surface area contributed by atoms with Gasteiger partial charge in [-0.2, -0.15) is 13.2 Å². The lowest BCUT2D eigenvalue weighted by Gasteiger charge is -2.17. The van der Waals surface area contributed by atoms with Gasteiger partial charge in [-0.1, -0.05) is 18.2 Å². The van der Waals surface area contributed by atoms with Gasteiger partial charge in [0, 0.05) is 5.69 Å². The Hall–Kier alpha value is -1.72. The van der Waals surface area contributed by atoms with E-state index in [2.05, 4.69) is 0 Å². The summed E-state index contributed by atoms with van der Waals surface area (Å²) in [6.07, 6.45) is -4.88. The average molecular weight is 232 g/mol. The average Bonchev–Trinajstić information content (AvgIpc) is 2.16. The Bertz CT molecular complexity index is 390. The smallest absolute Gasteiger partial charge is 0.398 e. The third-order valence-corrected chi connectivity index (χ3v) is 2.07. The van der Waals surface area contributed by atoms with E-state index in [1.54, 1.807) is 24.3 Å². The molecule has 0 bridgehead atoms. The van der Waals surface area contributed by atoms with Gasteiger partial charge in [0.1, 0.15) is 0 Å². The Balaban J connectivity index is 2.78. The van der Waals surface area contributed by atoms with Crippen LogP contribution in [0.2, 0.25) is 0 Å². The number of alkyl halides is 3. The number of hydrogen-bond donors (Lipinski definition) is 2. The summed E-state index contributed by atoms with van der Waals surface area (Å²) in [6, 6.07) is 5.65. The maximum absolute atomic E-state index is 12.0. The quantitative estimate of drug-likeness (QED) is 0.766. The summed E-state index contributed by atoms with van der Waals surface area (Å²) in [6.45, 7) is 1.44. The Kier molecular flexibility index (Phi) is 3.41. The van der Waals surface area contributed by atoms with E-state index in [1.165, 1.54) is 6.92 Å². The van der Waals surface area contributed by atoms with Gasteiger partial charge in [-0.15, -0.1) is 0 Å². The van der Waals surface area contributed by atoms with Crippen LogP contribution in [0.4, 0.5) is 18.9 Å². The molecule has 0 heterocycles. The first-order valence-electron chi connectivity index (χ1n) is 4.54. The number of halogens is 3. The van der Waals surface area contributed by atoms with E-state index in [1.807, 2.05) is 5.32 Å². The molecule has 0 aromatic heterocycles. The number of benzene rings is 1. The number of carbonyl (C=O) groups is 1. The van der Waals surface area contributed by atoms with Crippen molar-refractivity contribution in [2.75, 3.05) is 5.73 Å². The van der Waals surface area contributed by atoms with Gasteiger partial charge < -0.3 is 11.1 Å². The third kappa shape index (κ3) is 2.88. The van der Waals surface area contributed by atoms with Gasteiger partial charge in [-0.25, -0.2) is 0 Å². The van der Waals surface area contributed by atoms with Gasteiger partial charge in [0.15, 0.2) is 0 Å². The van der Waals surface area contributed by atoms with Gasteiger partial charge in [-0.05, 0) is 18.6 Å². The molecule has 88 valence electrons. The number of carbonyl (C=O) groups excluding carboxylic acids is 1. The molecule has 0 unspecified atom stereocenters. The van der Waals surface area contributed by atoms with Crippen molar-refractivity contribution < 1.29 is 18.0 Å². The maximum Gasteiger partial charge on any atom is 0.471 e. The van der Waals surface area contributed by atoms with Gasteiger partial charge in [0.25, 0.3) is 0 Å². The number of hydrogen-bond acceptors (Lipinski definition) is 2.